The molecule has 0 spiro atoms. The third kappa shape index (κ3) is 3.67. The Hall–Kier alpha value is -1.14. The van der Waals surface area contributed by atoms with E-state index in [1.54, 1.807) is 6.20 Å². The maximum absolute atomic E-state index is 12.0. The number of hydrogen-bond donors (Lipinski definition) is 2. The van der Waals surface area contributed by atoms with Crippen molar-refractivity contribution >= 4 is 27.7 Å². The average molecular weight is 327 g/mol. The molecule has 1 amide bonds. The molecule has 2 rings (SSSR count). The van der Waals surface area contributed by atoms with Crippen LogP contribution in [0.3, 0.4) is 0 Å². The Kier molecular flexibility index (Phi) is 5.15. The molecule has 0 radical (unpaired) electrons. The van der Waals surface area contributed by atoms with Crippen LogP contribution in [0.1, 0.15) is 12.8 Å². The normalized spacial score (nSPS) is 19.3. The fraction of sp³-hybridized carbons (Fsp3) is 0.538. The summed E-state index contributed by atoms with van der Waals surface area (Å²) in [5.41, 5.74) is 5.40. The molecule has 1 aromatic rings. The predicted molar refractivity (Wildman–Crippen MR) is 78.9 cm³/mol. The van der Waals surface area contributed by atoms with Gasteiger partial charge in [0.1, 0.15) is 5.82 Å². The van der Waals surface area contributed by atoms with E-state index in [2.05, 4.69) is 31.1 Å². The second-order valence-electron chi connectivity index (χ2n) is 4.67. The lowest BCUT2D eigenvalue weighted by molar-refractivity contribution is -0.125. The Morgan fingerprint density at radius 3 is 3.21 bits per heavy atom. The van der Waals surface area contributed by atoms with Crippen LogP contribution in [0.25, 0.3) is 0 Å². The number of hydrogen-bond acceptors (Lipinski definition) is 4. The fourth-order valence-electron chi connectivity index (χ4n) is 2.33. The number of rotatable bonds is 4. The number of piperidine rings is 1. The van der Waals surface area contributed by atoms with Gasteiger partial charge >= 0.3 is 0 Å². The van der Waals surface area contributed by atoms with Crippen LogP contribution in [0.5, 0.6) is 0 Å². The zero-order valence-corrected chi connectivity index (χ0v) is 12.4. The van der Waals surface area contributed by atoms with Gasteiger partial charge in [-0.1, -0.05) is 0 Å². The molecule has 5 nitrogen and oxygen atoms in total. The molecule has 0 bridgehead atoms. The summed E-state index contributed by atoms with van der Waals surface area (Å²) in [6, 6.07) is 3.86. The second-order valence-corrected chi connectivity index (χ2v) is 5.53. The number of nitrogens with one attached hydrogen (secondary N) is 1. The summed E-state index contributed by atoms with van der Waals surface area (Å²) >= 11 is 3.51. The molecule has 1 aromatic heterocycles. The van der Waals surface area contributed by atoms with Crippen LogP contribution in [0, 0.1) is 5.92 Å². The van der Waals surface area contributed by atoms with Gasteiger partial charge < -0.3 is 16.0 Å². The maximum atomic E-state index is 12.0. The van der Waals surface area contributed by atoms with E-state index in [9.17, 15) is 4.79 Å². The lowest BCUT2D eigenvalue weighted by Crippen LogP contribution is -2.44. The molecular weight excluding hydrogens is 308 g/mol. The molecule has 0 saturated carbocycles. The summed E-state index contributed by atoms with van der Waals surface area (Å²) < 4.78 is 0.970. The quantitative estimate of drug-likeness (QED) is 0.870. The van der Waals surface area contributed by atoms with Gasteiger partial charge in [-0.3, -0.25) is 4.79 Å². The molecule has 3 N–H and O–H groups in total. The summed E-state index contributed by atoms with van der Waals surface area (Å²) in [5, 5.41) is 2.87. The van der Waals surface area contributed by atoms with Crippen LogP contribution in [0.15, 0.2) is 22.8 Å². The Bertz CT molecular complexity index is 440. The third-order valence-electron chi connectivity index (χ3n) is 3.27. The van der Waals surface area contributed by atoms with Crippen molar-refractivity contribution in [3.8, 4) is 0 Å². The first-order chi connectivity index (χ1) is 9.22. The molecule has 2 heterocycles. The van der Waals surface area contributed by atoms with E-state index in [1.807, 2.05) is 12.1 Å². The van der Waals surface area contributed by atoms with Crippen LogP contribution >= 0.6 is 15.9 Å². The van der Waals surface area contributed by atoms with Gasteiger partial charge in [-0.2, -0.15) is 0 Å². The van der Waals surface area contributed by atoms with Gasteiger partial charge in [-0.05, 0) is 40.9 Å². The summed E-state index contributed by atoms with van der Waals surface area (Å²) in [5.74, 6) is 1.04. The molecule has 1 aliphatic rings. The smallest absolute Gasteiger partial charge is 0.224 e. The molecule has 0 aromatic carbocycles. The molecule has 1 unspecified atom stereocenters. The Morgan fingerprint density at radius 2 is 2.47 bits per heavy atom. The van der Waals surface area contributed by atoms with Gasteiger partial charge in [-0.25, -0.2) is 4.98 Å². The number of anilines is 1. The van der Waals surface area contributed by atoms with Crippen molar-refractivity contribution in [3.05, 3.63) is 22.8 Å². The number of carbonyl (C=O) groups is 1. The van der Waals surface area contributed by atoms with Gasteiger partial charge in [-0.15, -0.1) is 0 Å². The molecular formula is C13H19BrN4O. The highest BCUT2D eigenvalue weighted by molar-refractivity contribution is 9.10. The van der Waals surface area contributed by atoms with E-state index in [0.29, 0.717) is 19.6 Å². The number of nitrogens with two attached hydrogens (primary N) is 1. The molecule has 0 aliphatic carbocycles. The maximum Gasteiger partial charge on any atom is 0.224 e. The minimum absolute atomic E-state index is 0.0224. The third-order valence-corrected chi connectivity index (χ3v) is 3.89. The molecule has 104 valence electrons. The Morgan fingerprint density at radius 1 is 1.63 bits per heavy atom. The minimum atomic E-state index is 0.0224. The lowest BCUT2D eigenvalue weighted by atomic mass is 9.97. The summed E-state index contributed by atoms with van der Waals surface area (Å²) in [6.45, 7) is 2.68. The monoisotopic (exact) mass is 326 g/mol. The molecule has 6 heteroatoms. The van der Waals surface area contributed by atoms with Crippen LogP contribution in [-0.4, -0.2) is 37.1 Å². The topological polar surface area (TPSA) is 71.2 Å². The fourth-order valence-corrected chi connectivity index (χ4v) is 2.84. The highest BCUT2D eigenvalue weighted by atomic mass is 79.9. The number of nitrogens with zero attached hydrogens (tertiary/aromatic N) is 2. The van der Waals surface area contributed by atoms with Crippen molar-refractivity contribution in [2.24, 2.45) is 11.7 Å². The number of amides is 1. The molecule has 19 heavy (non-hydrogen) atoms. The van der Waals surface area contributed by atoms with E-state index in [0.717, 1.165) is 29.7 Å². The van der Waals surface area contributed by atoms with Crippen molar-refractivity contribution < 1.29 is 4.79 Å². The highest BCUT2D eigenvalue weighted by Crippen LogP contribution is 2.27. The van der Waals surface area contributed by atoms with Crippen LogP contribution in [-0.2, 0) is 4.79 Å². The van der Waals surface area contributed by atoms with Gasteiger partial charge in [0.25, 0.3) is 0 Å². The first kappa shape index (κ1) is 14.3. The standard InChI is InChI=1S/C13H19BrN4O/c14-11-4-1-6-16-12(11)18-8-2-3-10(9-18)13(19)17-7-5-15/h1,4,6,10H,2-3,5,7-9,15H2,(H,17,19). The van der Waals surface area contributed by atoms with Gasteiger partial charge in [0, 0.05) is 32.4 Å². The number of aromatic nitrogens is 1. The van der Waals surface area contributed by atoms with Gasteiger partial charge in [0.05, 0.1) is 10.4 Å². The van der Waals surface area contributed by atoms with Gasteiger partial charge in [0.2, 0.25) is 5.91 Å². The van der Waals surface area contributed by atoms with E-state index >= 15 is 0 Å². The summed E-state index contributed by atoms with van der Waals surface area (Å²) in [6.07, 6.45) is 3.71. The Balaban J connectivity index is 2.01. The zero-order chi connectivity index (χ0) is 13.7. The first-order valence-corrected chi connectivity index (χ1v) is 7.35. The van der Waals surface area contributed by atoms with Crippen LogP contribution in [0.2, 0.25) is 0 Å². The van der Waals surface area contributed by atoms with Crippen molar-refractivity contribution in [2.45, 2.75) is 12.8 Å². The largest absolute Gasteiger partial charge is 0.355 e. The van der Waals surface area contributed by atoms with E-state index in [-0.39, 0.29) is 11.8 Å². The predicted octanol–water partition coefficient (Wildman–Crippen LogP) is 1.14. The van der Waals surface area contributed by atoms with E-state index in [4.69, 9.17) is 5.73 Å². The van der Waals surface area contributed by atoms with Crippen LogP contribution in [0.4, 0.5) is 5.82 Å². The van der Waals surface area contributed by atoms with E-state index in [1.165, 1.54) is 0 Å². The molecule has 1 aliphatic heterocycles. The second kappa shape index (κ2) is 6.86. The first-order valence-electron chi connectivity index (χ1n) is 6.55. The number of carbonyl (C=O) groups excluding carboxylic acids is 1. The summed E-state index contributed by atoms with van der Waals surface area (Å²) in [7, 11) is 0. The van der Waals surface area contributed by atoms with Crippen molar-refractivity contribution in [3.63, 3.8) is 0 Å². The molecule has 1 fully saturated rings. The van der Waals surface area contributed by atoms with Crippen molar-refractivity contribution in [2.75, 3.05) is 31.1 Å². The molecule has 1 atom stereocenters. The zero-order valence-electron chi connectivity index (χ0n) is 10.8. The van der Waals surface area contributed by atoms with Crippen LogP contribution < -0.4 is 16.0 Å². The highest BCUT2D eigenvalue weighted by Gasteiger charge is 2.26. The SMILES string of the molecule is NCCNC(=O)C1CCCN(c2ncccc2Br)C1. The van der Waals surface area contributed by atoms with Gasteiger partial charge in [0.15, 0.2) is 0 Å². The lowest BCUT2D eigenvalue weighted by Gasteiger charge is -2.33. The van der Waals surface area contributed by atoms with Crippen molar-refractivity contribution in [1.29, 1.82) is 0 Å². The Labute approximate surface area is 121 Å². The molecule has 1 saturated heterocycles. The average Bonchev–Trinajstić information content (AvgIpc) is 2.45. The summed E-state index contributed by atoms with van der Waals surface area (Å²) in [4.78, 5) is 18.5. The van der Waals surface area contributed by atoms with Crippen molar-refractivity contribution in [1.82, 2.24) is 10.3 Å². The number of halogens is 1. The minimum Gasteiger partial charge on any atom is -0.355 e. The van der Waals surface area contributed by atoms with E-state index < -0.39 is 0 Å². The number of pyridine rings is 1.